The minimum absolute atomic E-state index is 0.176. The maximum absolute atomic E-state index is 12.3. The highest BCUT2D eigenvalue weighted by molar-refractivity contribution is 5.94. The Labute approximate surface area is 125 Å². The Hall–Kier alpha value is -1.63. The van der Waals surface area contributed by atoms with Crippen molar-refractivity contribution in [3.05, 3.63) is 0 Å². The third-order valence-corrected chi connectivity index (χ3v) is 3.52. The lowest BCUT2D eigenvalue weighted by Crippen LogP contribution is -2.60. The van der Waals surface area contributed by atoms with E-state index < -0.39 is 11.4 Å². The highest BCUT2D eigenvalue weighted by Crippen LogP contribution is 2.18. The number of rotatable bonds is 7. The van der Waals surface area contributed by atoms with Gasteiger partial charge in [0.15, 0.2) is 0 Å². The minimum atomic E-state index is -1.05. The lowest BCUT2D eigenvalue weighted by molar-refractivity contribution is -0.135. The molecule has 0 aromatic carbocycles. The Morgan fingerprint density at radius 1 is 1.38 bits per heavy atom. The summed E-state index contributed by atoms with van der Waals surface area (Å²) in [5.41, 5.74) is 3.98. The number of carbonyl (C=O) groups excluding carboxylic acids is 3. The van der Waals surface area contributed by atoms with Gasteiger partial charge in [-0.2, -0.15) is 0 Å². The summed E-state index contributed by atoms with van der Waals surface area (Å²) in [7, 11) is 0. The van der Waals surface area contributed by atoms with E-state index in [0.29, 0.717) is 6.42 Å². The van der Waals surface area contributed by atoms with Gasteiger partial charge in [0, 0.05) is 0 Å². The first kappa shape index (κ1) is 17.4. The molecular formula is C14H26N4O3. The van der Waals surface area contributed by atoms with E-state index in [4.69, 9.17) is 5.73 Å². The number of nitrogens with one attached hydrogen (secondary N) is 3. The molecule has 0 aliphatic carbocycles. The fourth-order valence-electron chi connectivity index (χ4n) is 2.65. The molecule has 0 aromatic heterocycles. The summed E-state index contributed by atoms with van der Waals surface area (Å²) in [5.74, 6) is -0.962. The van der Waals surface area contributed by atoms with Crippen LogP contribution in [-0.4, -0.2) is 42.4 Å². The molecule has 0 saturated carbocycles. The number of hydrogen-bond acceptors (Lipinski definition) is 4. The average Bonchev–Trinajstić information content (AvgIpc) is 2.88. The maximum Gasteiger partial charge on any atom is 0.245 e. The SMILES string of the molecule is CC(C)C[C@](C)(NC(=O)[C@@H]1CCCN1)C(=O)NCC(N)=O. The molecule has 1 fully saturated rings. The van der Waals surface area contributed by atoms with Gasteiger partial charge >= 0.3 is 0 Å². The van der Waals surface area contributed by atoms with Crippen molar-refractivity contribution in [3.8, 4) is 0 Å². The van der Waals surface area contributed by atoms with Crippen LogP contribution in [0.1, 0.15) is 40.0 Å². The van der Waals surface area contributed by atoms with Crippen LogP contribution in [0.2, 0.25) is 0 Å². The van der Waals surface area contributed by atoms with Crippen LogP contribution in [-0.2, 0) is 14.4 Å². The van der Waals surface area contributed by atoms with Crippen molar-refractivity contribution in [3.63, 3.8) is 0 Å². The summed E-state index contributed by atoms with van der Waals surface area (Å²) in [6, 6.07) is -0.250. The molecule has 0 radical (unpaired) electrons. The largest absolute Gasteiger partial charge is 0.368 e. The third kappa shape index (κ3) is 5.34. The molecule has 21 heavy (non-hydrogen) atoms. The van der Waals surface area contributed by atoms with Gasteiger partial charge in [0.05, 0.1) is 12.6 Å². The first-order valence-electron chi connectivity index (χ1n) is 7.36. The minimum Gasteiger partial charge on any atom is -0.368 e. The number of hydrogen-bond donors (Lipinski definition) is 4. The molecule has 0 aromatic rings. The number of primary amides is 1. The first-order chi connectivity index (χ1) is 9.74. The molecule has 120 valence electrons. The molecule has 1 aliphatic rings. The fraction of sp³-hybridized carbons (Fsp3) is 0.786. The Morgan fingerprint density at radius 2 is 2.05 bits per heavy atom. The molecule has 1 aliphatic heterocycles. The number of carbonyl (C=O) groups is 3. The van der Waals surface area contributed by atoms with Crippen molar-refractivity contribution in [1.29, 1.82) is 0 Å². The van der Waals surface area contributed by atoms with Crippen molar-refractivity contribution in [2.75, 3.05) is 13.1 Å². The predicted octanol–water partition coefficient (Wildman–Crippen LogP) is -0.739. The van der Waals surface area contributed by atoms with E-state index in [1.807, 2.05) is 13.8 Å². The van der Waals surface area contributed by atoms with E-state index in [2.05, 4.69) is 16.0 Å². The summed E-state index contributed by atoms with van der Waals surface area (Å²) in [5, 5.41) is 8.40. The fourth-order valence-corrected chi connectivity index (χ4v) is 2.65. The van der Waals surface area contributed by atoms with Crippen LogP contribution in [0.15, 0.2) is 0 Å². The Bertz CT molecular complexity index is 405. The highest BCUT2D eigenvalue weighted by Gasteiger charge is 2.37. The Kier molecular flexibility index (Phi) is 6.14. The smallest absolute Gasteiger partial charge is 0.245 e. The second-order valence-electron chi connectivity index (χ2n) is 6.22. The summed E-state index contributed by atoms with van der Waals surface area (Å²) in [6.07, 6.45) is 2.20. The van der Waals surface area contributed by atoms with Gasteiger partial charge in [-0.1, -0.05) is 13.8 Å². The second kappa shape index (κ2) is 7.40. The average molecular weight is 298 g/mol. The van der Waals surface area contributed by atoms with Gasteiger partial charge in [0.25, 0.3) is 0 Å². The van der Waals surface area contributed by atoms with E-state index in [-0.39, 0.29) is 30.3 Å². The molecule has 1 saturated heterocycles. The Morgan fingerprint density at radius 3 is 2.52 bits per heavy atom. The van der Waals surface area contributed by atoms with Crippen LogP contribution < -0.4 is 21.7 Å². The van der Waals surface area contributed by atoms with Gasteiger partial charge in [-0.05, 0) is 38.6 Å². The molecule has 5 N–H and O–H groups in total. The predicted molar refractivity (Wildman–Crippen MR) is 79.2 cm³/mol. The summed E-state index contributed by atoms with van der Waals surface area (Å²) < 4.78 is 0. The summed E-state index contributed by atoms with van der Waals surface area (Å²) >= 11 is 0. The van der Waals surface area contributed by atoms with Gasteiger partial charge in [-0.3, -0.25) is 14.4 Å². The maximum atomic E-state index is 12.3. The number of nitrogens with two attached hydrogens (primary N) is 1. The zero-order valence-corrected chi connectivity index (χ0v) is 13.0. The van der Waals surface area contributed by atoms with Gasteiger partial charge in [0.1, 0.15) is 5.54 Å². The van der Waals surface area contributed by atoms with E-state index >= 15 is 0 Å². The van der Waals surface area contributed by atoms with Crippen molar-refractivity contribution in [2.24, 2.45) is 11.7 Å². The monoisotopic (exact) mass is 298 g/mol. The molecule has 1 heterocycles. The quantitative estimate of drug-likeness (QED) is 0.496. The van der Waals surface area contributed by atoms with Crippen LogP contribution in [0.4, 0.5) is 0 Å². The standard InChI is InChI=1S/C14H26N4O3/c1-9(2)7-14(3,13(21)17-8-11(15)19)18-12(20)10-5-4-6-16-10/h9-10,16H,4-8H2,1-3H3,(H2,15,19)(H,17,21)(H,18,20)/t10-,14-/m0/s1. The molecule has 0 unspecified atom stereocenters. The topological polar surface area (TPSA) is 113 Å². The lowest BCUT2D eigenvalue weighted by atomic mass is 9.89. The molecule has 7 heteroatoms. The van der Waals surface area contributed by atoms with Crippen molar-refractivity contribution in [2.45, 2.75) is 51.6 Å². The molecule has 3 amide bonds. The second-order valence-corrected chi connectivity index (χ2v) is 6.22. The molecule has 0 spiro atoms. The molecular weight excluding hydrogens is 272 g/mol. The van der Waals surface area contributed by atoms with Gasteiger partial charge in [-0.25, -0.2) is 0 Å². The van der Waals surface area contributed by atoms with E-state index in [0.717, 1.165) is 19.4 Å². The summed E-state index contributed by atoms with van der Waals surface area (Å²) in [6.45, 7) is 6.20. The van der Waals surface area contributed by atoms with E-state index in [9.17, 15) is 14.4 Å². The lowest BCUT2D eigenvalue weighted by Gasteiger charge is -2.32. The van der Waals surface area contributed by atoms with Crippen LogP contribution >= 0.6 is 0 Å². The van der Waals surface area contributed by atoms with Crippen LogP contribution in [0.25, 0.3) is 0 Å². The van der Waals surface area contributed by atoms with E-state index in [1.165, 1.54) is 0 Å². The summed E-state index contributed by atoms with van der Waals surface area (Å²) in [4.78, 5) is 35.3. The van der Waals surface area contributed by atoms with Gasteiger partial charge < -0.3 is 21.7 Å². The van der Waals surface area contributed by atoms with Gasteiger partial charge in [0.2, 0.25) is 17.7 Å². The van der Waals surface area contributed by atoms with Crippen LogP contribution in [0.3, 0.4) is 0 Å². The normalized spacial score (nSPS) is 20.9. The van der Waals surface area contributed by atoms with Crippen molar-refractivity contribution >= 4 is 17.7 Å². The van der Waals surface area contributed by atoms with Crippen molar-refractivity contribution < 1.29 is 14.4 Å². The highest BCUT2D eigenvalue weighted by atomic mass is 16.2. The van der Waals surface area contributed by atoms with E-state index in [1.54, 1.807) is 6.92 Å². The first-order valence-corrected chi connectivity index (χ1v) is 7.36. The molecule has 1 rings (SSSR count). The Balaban J connectivity index is 2.73. The van der Waals surface area contributed by atoms with Gasteiger partial charge in [-0.15, -0.1) is 0 Å². The molecule has 2 atom stereocenters. The zero-order chi connectivity index (χ0) is 16.0. The van der Waals surface area contributed by atoms with Crippen LogP contribution in [0, 0.1) is 5.92 Å². The molecule has 7 nitrogen and oxygen atoms in total. The van der Waals surface area contributed by atoms with Crippen molar-refractivity contribution in [1.82, 2.24) is 16.0 Å². The molecule has 0 bridgehead atoms. The zero-order valence-electron chi connectivity index (χ0n) is 13.0. The van der Waals surface area contributed by atoms with Crippen LogP contribution in [0.5, 0.6) is 0 Å². The number of amides is 3. The third-order valence-electron chi connectivity index (χ3n) is 3.52.